The Kier molecular flexibility index (Phi) is 7.66. The van der Waals surface area contributed by atoms with Gasteiger partial charge in [0.15, 0.2) is 17.8 Å². The third-order valence-electron chi connectivity index (χ3n) is 4.60. The first-order valence-corrected chi connectivity index (χ1v) is 9.89. The van der Waals surface area contributed by atoms with Crippen LogP contribution in [0.15, 0.2) is 60.9 Å². The van der Waals surface area contributed by atoms with Crippen molar-refractivity contribution in [1.82, 2.24) is 10.3 Å². The summed E-state index contributed by atoms with van der Waals surface area (Å²) in [7, 11) is 4.41. The summed E-state index contributed by atoms with van der Waals surface area (Å²) in [5.74, 6) is 0.359. The predicted octanol–water partition coefficient (Wildman–Crippen LogP) is 2.44. The fourth-order valence-electron chi connectivity index (χ4n) is 3.05. The molecule has 3 aromatic rings. The molecule has 0 aliphatic carbocycles. The molecule has 0 bridgehead atoms. The number of carbonyl (C=O) groups excluding carboxylic acids is 2. The number of hydrogen-bond acceptors (Lipinski definition) is 8. The van der Waals surface area contributed by atoms with E-state index in [-0.39, 0.29) is 11.5 Å². The Morgan fingerprint density at radius 3 is 2.09 bits per heavy atom. The zero-order chi connectivity index (χ0) is 23.8. The normalized spacial score (nSPS) is 11.2. The van der Waals surface area contributed by atoms with Crippen molar-refractivity contribution < 1.29 is 23.8 Å². The molecule has 1 unspecified atom stereocenters. The van der Waals surface area contributed by atoms with E-state index >= 15 is 0 Å². The van der Waals surface area contributed by atoms with Gasteiger partial charge in [0.2, 0.25) is 5.75 Å². The molecule has 10 heteroatoms. The summed E-state index contributed by atoms with van der Waals surface area (Å²) < 4.78 is 15.8. The van der Waals surface area contributed by atoms with E-state index in [9.17, 15) is 9.59 Å². The first-order chi connectivity index (χ1) is 15.9. The molecule has 33 heavy (non-hydrogen) atoms. The van der Waals surface area contributed by atoms with Crippen LogP contribution in [0.4, 0.5) is 11.4 Å². The number of carbonyl (C=O) groups is 2. The van der Waals surface area contributed by atoms with Crippen LogP contribution >= 0.6 is 0 Å². The second-order valence-electron chi connectivity index (χ2n) is 6.78. The van der Waals surface area contributed by atoms with Gasteiger partial charge in [-0.1, -0.05) is 6.07 Å². The highest BCUT2D eigenvalue weighted by atomic mass is 16.5. The number of nitrogens with one attached hydrogen (secondary N) is 3. The Bertz CT molecular complexity index is 1100. The highest BCUT2D eigenvalue weighted by Gasteiger charge is 2.18. The second-order valence-corrected chi connectivity index (χ2v) is 6.78. The number of pyridine rings is 1. The molecule has 172 valence electrons. The van der Waals surface area contributed by atoms with Crippen molar-refractivity contribution in [2.45, 2.75) is 6.29 Å². The predicted molar refractivity (Wildman–Crippen MR) is 124 cm³/mol. The van der Waals surface area contributed by atoms with Gasteiger partial charge in [-0.2, -0.15) is 0 Å². The summed E-state index contributed by atoms with van der Waals surface area (Å²) in [5, 5.41) is 8.43. The van der Waals surface area contributed by atoms with E-state index in [0.717, 1.165) is 0 Å². The molecular formula is C23H25N5O5. The van der Waals surface area contributed by atoms with Crippen LogP contribution in [0.2, 0.25) is 0 Å². The van der Waals surface area contributed by atoms with Crippen LogP contribution in [-0.4, -0.2) is 44.4 Å². The third kappa shape index (κ3) is 5.89. The number of amides is 2. The van der Waals surface area contributed by atoms with Gasteiger partial charge in [-0.05, 0) is 42.5 Å². The van der Waals surface area contributed by atoms with Crippen LogP contribution in [0.5, 0.6) is 17.2 Å². The number of nitrogens with zero attached hydrogens (tertiary/aromatic N) is 1. The van der Waals surface area contributed by atoms with Gasteiger partial charge >= 0.3 is 0 Å². The largest absolute Gasteiger partial charge is 0.493 e. The highest BCUT2D eigenvalue weighted by molar-refractivity contribution is 6.04. The van der Waals surface area contributed by atoms with Gasteiger partial charge in [0, 0.05) is 34.9 Å². The Morgan fingerprint density at radius 1 is 0.848 bits per heavy atom. The number of rotatable bonds is 9. The van der Waals surface area contributed by atoms with E-state index in [1.54, 1.807) is 48.8 Å². The number of nitrogens with two attached hydrogens (primary N) is 1. The SMILES string of the molecule is COc1cc(C(=O)NC(N)Nc2cccc(NC(=O)c3ccncc3)c2)cc(OC)c1OC. The molecule has 1 heterocycles. The highest BCUT2D eigenvalue weighted by Crippen LogP contribution is 2.38. The number of ether oxygens (including phenoxy) is 3. The van der Waals surface area contributed by atoms with E-state index < -0.39 is 12.2 Å². The molecule has 0 aliphatic rings. The maximum Gasteiger partial charge on any atom is 0.255 e. The van der Waals surface area contributed by atoms with E-state index in [1.807, 2.05) is 0 Å². The molecular weight excluding hydrogens is 426 g/mol. The van der Waals surface area contributed by atoms with Crippen LogP contribution in [0.25, 0.3) is 0 Å². The molecule has 1 atom stereocenters. The van der Waals surface area contributed by atoms with Gasteiger partial charge in [0.05, 0.1) is 21.3 Å². The maximum absolute atomic E-state index is 12.7. The molecule has 0 aliphatic heterocycles. The minimum absolute atomic E-state index is 0.269. The summed E-state index contributed by atoms with van der Waals surface area (Å²) in [6.07, 6.45) is 2.17. The third-order valence-corrected chi connectivity index (χ3v) is 4.60. The van der Waals surface area contributed by atoms with Crippen molar-refractivity contribution in [3.63, 3.8) is 0 Å². The van der Waals surface area contributed by atoms with Gasteiger partial charge < -0.3 is 30.2 Å². The average Bonchev–Trinajstić information content (AvgIpc) is 2.83. The van der Waals surface area contributed by atoms with Crippen molar-refractivity contribution in [3.8, 4) is 17.2 Å². The number of hydrogen-bond donors (Lipinski definition) is 4. The molecule has 0 radical (unpaired) electrons. The minimum Gasteiger partial charge on any atom is -0.493 e. The zero-order valence-electron chi connectivity index (χ0n) is 18.4. The fraction of sp³-hybridized carbons (Fsp3) is 0.174. The van der Waals surface area contributed by atoms with Gasteiger partial charge in [-0.3, -0.25) is 20.3 Å². The molecule has 2 aromatic carbocycles. The van der Waals surface area contributed by atoms with Crippen LogP contribution in [0.1, 0.15) is 20.7 Å². The van der Waals surface area contributed by atoms with E-state index in [4.69, 9.17) is 19.9 Å². The lowest BCUT2D eigenvalue weighted by Crippen LogP contribution is -2.47. The van der Waals surface area contributed by atoms with E-state index in [1.165, 1.54) is 33.5 Å². The van der Waals surface area contributed by atoms with Crippen LogP contribution < -0.4 is 35.9 Å². The lowest BCUT2D eigenvalue weighted by Gasteiger charge is -2.19. The summed E-state index contributed by atoms with van der Waals surface area (Å²) in [6.45, 7) is 0. The summed E-state index contributed by atoms with van der Waals surface area (Å²) in [6, 6.07) is 13.2. The molecule has 1 aromatic heterocycles. The average molecular weight is 451 g/mol. The Labute approximate surface area is 191 Å². The Balaban J connectivity index is 1.66. The quantitative estimate of drug-likeness (QED) is 0.364. The molecule has 5 N–H and O–H groups in total. The first kappa shape index (κ1) is 23.4. The number of benzene rings is 2. The van der Waals surface area contributed by atoms with Crippen molar-refractivity contribution in [2.24, 2.45) is 5.73 Å². The lowest BCUT2D eigenvalue weighted by molar-refractivity contribution is 0.0941. The maximum atomic E-state index is 12.7. The molecule has 0 fully saturated rings. The molecule has 0 saturated carbocycles. The monoisotopic (exact) mass is 451 g/mol. The van der Waals surface area contributed by atoms with Crippen LogP contribution in [0, 0.1) is 0 Å². The standard InChI is InChI=1S/C23H25N5O5/c1-31-18-11-15(12-19(32-2)20(18)33-3)22(30)28-23(24)27-17-6-4-5-16(13-17)26-21(29)14-7-9-25-10-8-14/h4-13,23,27H,24H2,1-3H3,(H,26,29)(H,28,30). The first-order valence-electron chi connectivity index (χ1n) is 9.89. The molecule has 3 rings (SSSR count). The Morgan fingerprint density at radius 2 is 1.48 bits per heavy atom. The van der Waals surface area contributed by atoms with Gasteiger partial charge in [-0.25, -0.2) is 0 Å². The lowest BCUT2D eigenvalue weighted by atomic mass is 10.1. The van der Waals surface area contributed by atoms with Gasteiger partial charge in [-0.15, -0.1) is 0 Å². The van der Waals surface area contributed by atoms with Crippen LogP contribution in [0.3, 0.4) is 0 Å². The molecule has 0 saturated heterocycles. The van der Waals surface area contributed by atoms with Gasteiger partial charge in [0.1, 0.15) is 0 Å². The second kappa shape index (κ2) is 10.8. The Hall–Kier alpha value is -4.31. The van der Waals surface area contributed by atoms with Crippen molar-refractivity contribution >= 4 is 23.2 Å². The molecule has 0 spiro atoms. The number of methoxy groups -OCH3 is 3. The zero-order valence-corrected chi connectivity index (χ0v) is 18.4. The number of anilines is 2. The van der Waals surface area contributed by atoms with E-state index in [0.29, 0.717) is 34.2 Å². The topological polar surface area (TPSA) is 137 Å². The smallest absolute Gasteiger partial charge is 0.255 e. The van der Waals surface area contributed by atoms with Crippen molar-refractivity contribution in [1.29, 1.82) is 0 Å². The number of aromatic nitrogens is 1. The van der Waals surface area contributed by atoms with Crippen LogP contribution in [-0.2, 0) is 0 Å². The van der Waals surface area contributed by atoms with Crippen molar-refractivity contribution in [3.05, 3.63) is 72.1 Å². The van der Waals surface area contributed by atoms with Crippen molar-refractivity contribution in [2.75, 3.05) is 32.0 Å². The van der Waals surface area contributed by atoms with Gasteiger partial charge in [0.25, 0.3) is 11.8 Å². The summed E-state index contributed by atoms with van der Waals surface area (Å²) in [5.41, 5.74) is 7.98. The molecule has 2 amide bonds. The minimum atomic E-state index is -0.914. The fourth-order valence-corrected chi connectivity index (χ4v) is 3.05. The summed E-state index contributed by atoms with van der Waals surface area (Å²) >= 11 is 0. The summed E-state index contributed by atoms with van der Waals surface area (Å²) in [4.78, 5) is 28.9. The van der Waals surface area contributed by atoms with E-state index in [2.05, 4.69) is 20.9 Å². The molecule has 10 nitrogen and oxygen atoms in total.